The first kappa shape index (κ1) is 8.00. The summed E-state index contributed by atoms with van der Waals surface area (Å²) in [5.41, 5.74) is 4.78. The van der Waals surface area contributed by atoms with Crippen molar-refractivity contribution < 1.29 is 9.90 Å². The molecule has 5 heteroatoms. The van der Waals surface area contributed by atoms with Gasteiger partial charge in [0, 0.05) is 6.07 Å². The number of nitrogens with zero attached hydrogens (tertiary/aromatic N) is 1. The van der Waals surface area contributed by atoms with Gasteiger partial charge in [-0.1, -0.05) is 0 Å². The maximum atomic E-state index is 10.5. The zero-order chi connectivity index (χ0) is 8.43. The van der Waals surface area contributed by atoms with Crippen molar-refractivity contribution in [3.63, 3.8) is 0 Å². The number of pyridine rings is 1. The zero-order valence-corrected chi connectivity index (χ0v) is 6.92. The first-order chi connectivity index (χ1) is 5.11. The number of hydrogen-bond acceptors (Lipinski definition) is 3. The second-order valence-electron chi connectivity index (χ2n) is 1.79. The molecule has 1 aromatic heterocycles. The van der Waals surface area contributed by atoms with Crippen molar-refractivity contribution in [1.29, 1.82) is 0 Å². The van der Waals surface area contributed by atoms with Crippen molar-refractivity contribution in [2.75, 3.05) is 0 Å². The molecule has 1 rings (SSSR count). The van der Waals surface area contributed by atoms with Gasteiger partial charge in [0.05, 0.1) is 0 Å². The van der Waals surface area contributed by atoms with Crippen molar-refractivity contribution in [2.24, 2.45) is 5.73 Å². The summed E-state index contributed by atoms with van der Waals surface area (Å²) < 4.78 is 0.403. The fourth-order valence-electron chi connectivity index (χ4n) is 0.567. The normalized spacial score (nSPS) is 9.55. The van der Waals surface area contributed by atoms with Crippen molar-refractivity contribution in [2.45, 2.75) is 0 Å². The third-order valence-corrected chi connectivity index (χ3v) is 1.42. The number of nitrogens with two attached hydrogens (primary N) is 1. The summed E-state index contributed by atoms with van der Waals surface area (Å²) in [6.45, 7) is 0. The molecular weight excluding hydrogens is 212 g/mol. The smallest absolute Gasteiger partial charge is 0.254 e. The third-order valence-electron chi connectivity index (χ3n) is 1.02. The predicted octanol–water partition coefficient (Wildman–Crippen LogP) is 0.449. The molecule has 0 spiro atoms. The van der Waals surface area contributed by atoms with Crippen molar-refractivity contribution in [3.8, 4) is 5.88 Å². The quantitative estimate of drug-likeness (QED) is 0.669. The minimum absolute atomic E-state index is 0.104. The number of carbonyl (C=O) groups excluding carboxylic acids is 1. The number of rotatable bonds is 1. The van der Waals surface area contributed by atoms with Crippen LogP contribution in [0.25, 0.3) is 0 Å². The van der Waals surface area contributed by atoms with Crippen LogP contribution in [-0.4, -0.2) is 16.0 Å². The average Bonchev–Trinajstić information content (AvgIpc) is 1.85. The zero-order valence-electron chi connectivity index (χ0n) is 5.34. The van der Waals surface area contributed by atoms with Crippen LogP contribution in [-0.2, 0) is 0 Å². The predicted molar refractivity (Wildman–Crippen MR) is 41.0 cm³/mol. The van der Waals surface area contributed by atoms with Crippen LogP contribution in [0.3, 0.4) is 0 Å². The Morgan fingerprint density at radius 3 is 2.91 bits per heavy atom. The van der Waals surface area contributed by atoms with E-state index < -0.39 is 11.8 Å². The lowest BCUT2D eigenvalue weighted by Crippen LogP contribution is -2.11. The minimum Gasteiger partial charge on any atom is -0.493 e. The van der Waals surface area contributed by atoms with Crippen LogP contribution in [0.15, 0.2) is 10.7 Å². The van der Waals surface area contributed by atoms with Gasteiger partial charge in [0.25, 0.3) is 5.91 Å². The van der Waals surface area contributed by atoms with E-state index in [0.29, 0.717) is 4.60 Å². The van der Waals surface area contributed by atoms with Crippen LogP contribution >= 0.6 is 15.9 Å². The molecule has 0 aliphatic rings. The van der Waals surface area contributed by atoms with Crippen LogP contribution < -0.4 is 5.73 Å². The molecule has 0 saturated heterocycles. The third kappa shape index (κ3) is 1.68. The molecule has 4 nitrogen and oxygen atoms in total. The van der Waals surface area contributed by atoms with Gasteiger partial charge in [0.15, 0.2) is 0 Å². The molecule has 0 atom stereocenters. The maximum absolute atomic E-state index is 10.5. The molecule has 0 saturated carbocycles. The Hall–Kier alpha value is -1.10. The topological polar surface area (TPSA) is 76.2 Å². The molecule has 0 unspecified atom stereocenters. The summed E-state index contributed by atoms with van der Waals surface area (Å²) in [4.78, 5) is 14.0. The molecule has 0 fully saturated rings. The number of hydrogen-bond donors (Lipinski definition) is 2. The van der Waals surface area contributed by atoms with Crippen molar-refractivity contribution in [3.05, 3.63) is 22.3 Å². The first-order valence-electron chi connectivity index (χ1n) is 2.68. The molecule has 1 amide bonds. The summed E-state index contributed by atoms with van der Waals surface area (Å²) in [6, 6.07) is 3.87. The number of amides is 1. The molecule has 1 heterocycles. The Morgan fingerprint density at radius 2 is 2.45 bits per heavy atom. The van der Waals surface area contributed by atoms with Crippen LogP contribution in [0.4, 0.5) is 0 Å². The highest BCUT2D eigenvalue weighted by Crippen LogP contribution is 2.15. The fourth-order valence-corrected chi connectivity index (χ4v) is 0.849. The molecule has 11 heavy (non-hydrogen) atoms. The molecule has 1 aromatic rings. The number of carbonyl (C=O) groups is 1. The second-order valence-corrected chi connectivity index (χ2v) is 2.60. The van der Waals surface area contributed by atoms with E-state index >= 15 is 0 Å². The summed E-state index contributed by atoms with van der Waals surface area (Å²) in [5, 5.41) is 8.99. The number of aromatic nitrogens is 1. The van der Waals surface area contributed by atoms with Gasteiger partial charge in [-0.2, -0.15) is 0 Å². The Morgan fingerprint density at radius 1 is 1.82 bits per heavy atom. The van der Waals surface area contributed by atoms with Crippen molar-refractivity contribution >= 4 is 21.8 Å². The number of halogens is 1. The summed E-state index contributed by atoms with van der Waals surface area (Å²) in [7, 11) is 0. The Labute approximate surface area is 71.2 Å². The lowest BCUT2D eigenvalue weighted by Gasteiger charge is -1.96. The molecule has 1 radical (unpaired) electrons. The van der Waals surface area contributed by atoms with Gasteiger partial charge in [-0.05, 0) is 22.0 Å². The van der Waals surface area contributed by atoms with E-state index in [-0.39, 0.29) is 5.56 Å². The van der Waals surface area contributed by atoms with Crippen LogP contribution in [0.2, 0.25) is 0 Å². The van der Waals surface area contributed by atoms with Crippen molar-refractivity contribution in [1.82, 2.24) is 4.98 Å². The molecule has 0 aliphatic heterocycles. The fraction of sp³-hybridized carbons (Fsp3) is 0. The Bertz CT molecular complexity index is 301. The van der Waals surface area contributed by atoms with Gasteiger partial charge >= 0.3 is 0 Å². The number of primary amides is 1. The summed E-state index contributed by atoms with van der Waals surface area (Å²) in [5.74, 6) is -1.16. The van der Waals surface area contributed by atoms with E-state index in [1.54, 1.807) is 0 Å². The minimum atomic E-state index is -0.748. The lowest BCUT2D eigenvalue weighted by atomic mass is 10.2. The standard InChI is InChI=1S/C6H4BrN2O2/c7-4-2-1-3(5(8)10)6(11)9-4/h2H,(H2,8,10)(H,9,11). The first-order valence-corrected chi connectivity index (χ1v) is 3.47. The van der Waals surface area contributed by atoms with Crippen LogP contribution in [0.1, 0.15) is 10.4 Å². The van der Waals surface area contributed by atoms with Gasteiger partial charge < -0.3 is 10.8 Å². The number of aromatic hydroxyl groups is 1. The Kier molecular flexibility index (Phi) is 2.09. The van der Waals surface area contributed by atoms with Gasteiger partial charge in [-0.25, -0.2) is 4.98 Å². The van der Waals surface area contributed by atoms with E-state index in [9.17, 15) is 4.79 Å². The molecular formula is C6H4BrN2O2. The highest BCUT2D eigenvalue weighted by molar-refractivity contribution is 9.10. The highest BCUT2D eigenvalue weighted by atomic mass is 79.9. The summed E-state index contributed by atoms with van der Waals surface area (Å²) in [6.07, 6.45) is 0. The van der Waals surface area contributed by atoms with E-state index in [2.05, 4.69) is 27.0 Å². The van der Waals surface area contributed by atoms with Gasteiger partial charge in [-0.15, -0.1) is 0 Å². The van der Waals surface area contributed by atoms with E-state index in [4.69, 9.17) is 10.8 Å². The molecule has 57 valence electrons. The van der Waals surface area contributed by atoms with Crippen LogP contribution in [0.5, 0.6) is 5.88 Å². The summed E-state index contributed by atoms with van der Waals surface area (Å²) >= 11 is 2.99. The van der Waals surface area contributed by atoms with Crippen LogP contribution in [0, 0.1) is 6.07 Å². The van der Waals surface area contributed by atoms with E-state index in [1.807, 2.05) is 0 Å². The van der Waals surface area contributed by atoms with Gasteiger partial charge in [-0.3, -0.25) is 4.79 Å². The largest absolute Gasteiger partial charge is 0.493 e. The maximum Gasteiger partial charge on any atom is 0.254 e. The SMILES string of the molecule is NC(=O)c1[c]cc(Br)nc1O. The lowest BCUT2D eigenvalue weighted by molar-refractivity contribution is 0.0997. The molecule has 3 N–H and O–H groups in total. The Balaban J connectivity index is 3.20. The average molecular weight is 216 g/mol. The van der Waals surface area contributed by atoms with Gasteiger partial charge in [0.1, 0.15) is 10.2 Å². The van der Waals surface area contributed by atoms with E-state index in [1.165, 1.54) is 6.07 Å². The highest BCUT2D eigenvalue weighted by Gasteiger charge is 2.08. The second kappa shape index (κ2) is 2.87. The molecule has 0 bridgehead atoms. The van der Waals surface area contributed by atoms with Gasteiger partial charge in [0.2, 0.25) is 5.88 Å². The monoisotopic (exact) mass is 215 g/mol. The molecule has 0 aromatic carbocycles. The molecule has 0 aliphatic carbocycles. The van der Waals surface area contributed by atoms with E-state index in [0.717, 1.165) is 0 Å².